The monoisotopic (exact) mass is 373 g/mol. The Labute approximate surface area is 152 Å². The van der Waals surface area contributed by atoms with Crippen molar-refractivity contribution < 1.29 is 13.9 Å². The number of alkyl halides is 2. The highest BCUT2D eigenvalue weighted by Gasteiger charge is 2.41. The molecule has 27 heavy (non-hydrogen) atoms. The zero-order chi connectivity index (χ0) is 19.4. The SMILES string of the molecule is CNc1cn2nc(C(F)(F)c3nnc4ccc(C(C)(C)O)cn34)ccc2n1. The molecule has 0 aliphatic rings. The van der Waals surface area contributed by atoms with Crippen molar-refractivity contribution >= 4 is 17.1 Å². The van der Waals surface area contributed by atoms with Gasteiger partial charge in [-0.1, -0.05) is 6.07 Å². The van der Waals surface area contributed by atoms with E-state index in [1.165, 1.54) is 39.5 Å². The van der Waals surface area contributed by atoms with Gasteiger partial charge in [0.1, 0.15) is 11.5 Å². The van der Waals surface area contributed by atoms with E-state index in [-0.39, 0.29) is 5.65 Å². The van der Waals surface area contributed by atoms with E-state index in [9.17, 15) is 5.11 Å². The second kappa shape index (κ2) is 5.68. The van der Waals surface area contributed by atoms with E-state index < -0.39 is 23.0 Å². The molecule has 0 aliphatic heterocycles. The maximum Gasteiger partial charge on any atom is 0.350 e. The van der Waals surface area contributed by atoms with E-state index in [2.05, 4.69) is 25.6 Å². The number of halogens is 2. The van der Waals surface area contributed by atoms with Crippen LogP contribution >= 0.6 is 0 Å². The van der Waals surface area contributed by atoms with Crippen LogP contribution in [0.1, 0.15) is 30.9 Å². The molecule has 0 saturated carbocycles. The summed E-state index contributed by atoms with van der Waals surface area (Å²) >= 11 is 0. The molecule has 0 saturated heterocycles. The minimum atomic E-state index is -3.50. The predicted molar refractivity (Wildman–Crippen MR) is 93.8 cm³/mol. The molecule has 8 nitrogen and oxygen atoms in total. The standard InChI is InChI=1S/C17H17F2N7O/c1-16(2,27)10-4-6-14-22-23-15(25(14)8-10)17(18,19)11-5-7-13-21-12(20-3)9-26(13)24-11/h4-9,20,27H,1-3H3. The first-order valence-corrected chi connectivity index (χ1v) is 8.21. The van der Waals surface area contributed by atoms with E-state index >= 15 is 8.78 Å². The van der Waals surface area contributed by atoms with Crippen molar-refractivity contribution in [2.75, 3.05) is 12.4 Å². The smallest absolute Gasteiger partial charge is 0.350 e. The summed E-state index contributed by atoms with van der Waals surface area (Å²) in [6, 6.07) is 5.83. The van der Waals surface area contributed by atoms with Crippen LogP contribution in [-0.4, -0.2) is 41.4 Å². The van der Waals surface area contributed by atoms with Crippen molar-refractivity contribution in [2.24, 2.45) is 0 Å². The Morgan fingerprint density at radius 1 is 1.04 bits per heavy atom. The first-order chi connectivity index (χ1) is 12.7. The molecule has 140 valence electrons. The summed E-state index contributed by atoms with van der Waals surface area (Å²) in [6.45, 7) is 3.15. The molecule has 0 aromatic carbocycles. The van der Waals surface area contributed by atoms with E-state index in [0.29, 0.717) is 17.0 Å². The first kappa shape index (κ1) is 17.3. The zero-order valence-electron chi connectivity index (χ0n) is 14.9. The Kier molecular flexibility index (Phi) is 3.63. The zero-order valence-corrected chi connectivity index (χ0v) is 14.9. The number of fused-ring (bicyclic) bond motifs is 2. The van der Waals surface area contributed by atoms with Crippen LogP contribution in [-0.2, 0) is 11.5 Å². The highest BCUT2D eigenvalue weighted by Crippen LogP contribution is 2.34. The number of pyridine rings is 1. The Balaban J connectivity index is 1.86. The first-order valence-electron chi connectivity index (χ1n) is 8.21. The molecule has 0 aliphatic carbocycles. The third kappa shape index (κ3) is 2.78. The molecule has 0 amide bonds. The summed E-state index contributed by atoms with van der Waals surface area (Å²) in [6.07, 6.45) is 2.93. The van der Waals surface area contributed by atoms with Gasteiger partial charge in [-0.15, -0.1) is 10.2 Å². The number of anilines is 1. The summed E-state index contributed by atoms with van der Waals surface area (Å²) in [5.41, 5.74) is -0.530. The van der Waals surface area contributed by atoms with Gasteiger partial charge in [0.15, 0.2) is 11.3 Å². The lowest BCUT2D eigenvalue weighted by atomic mass is 10.0. The van der Waals surface area contributed by atoms with Gasteiger partial charge in [-0.3, -0.25) is 4.40 Å². The molecular weight excluding hydrogens is 356 g/mol. The maximum atomic E-state index is 15.2. The molecule has 0 fully saturated rings. The molecule has 0 unspecified atom stereocenters. The second-order valence-corrected chi connectivity index (χ2v) is 6.70. The van der Waals surface area contributed by atoms with Crippen LogP contribution in [0.2, 0.25) is 0 Å². The fourth-order valence-corrected chi connectivity index (χ4v) is 2.75. The number of nitrogens with one attached hydrogen (secondary N) is 1. The van der Waals surface area contributed by atoms with Crippen molar-refractivity contribution in [3.8, 4) is 0 Å². The molecule has 0 atom stereocenters. The summed E-state index contributed by atoms with van der Waals surface area (Å²) < 4.78 is 32.8. The number of hydrogen-bond acceptors (Lipinski definition) is 6. The van der Waals surface area contributed by atoms with Gasteiger partial charge in [0.05, 0.1) is 11.8 Å². The van der Waals surface area contributed by atoms with Gasteiger partial charge < -0.3 is 10.4 Å². The molecule has 10 heteroatoms. The number of hydrogen-bond donors (Lipinski definition) is 2. The lowest BCUT2D eigenvalue weighted by molar-refractivity contribution is 0.0255. The normalized spacial score (nSPS) is 12.8. The molecule has 4 aromatic heterocycles. The van der Waals surface area contributed by atoms with Gasteiger partial charge in [0.2, 0.25) is 5.82 Å². The van der Waals surface area contributed by atoms with Crippen LogP contribution in [0, 0.1) is 0 Å². The van der Waals surface area contributed by atoms with Gasteiger partial charge in [-0.2, -0.15) is 13.9 Å². The van der Waals surface area contributed by atoms with Gasteiger partial charge >= 0.3 is 5.92 Å². The average molecular weight is 373 g/mol. The van der Waals surface area contributed by atoms with Gasteiger partial charge in [-0.25, -0.2) is 9.50 Å². The number of nitrogens with zero attached hydrogens (tertiary/aromatic N) is 6. The summed E-state index contributed by atoms with van der Waals surface area (Å²) in [5, 5.41) is 24.5. The van der Waals surface area contributed by atoms with Crippen molar-refractivity contribution in [1.29, 1.82) is 0 Å². The Hall–Kier alpha value is -3.14. The van der Waals surface area contributed by atoms with Gasteiger partial charge in [0, 0.05) is 13.2 Å². The largest absolute Gasteiger partial charge is 0.386 e. The summed E-state index contributed by atoms with van der Waals surface area (Å²) in [7, 11) is 1.68. The van der Waals surface area contributed by atoms with Crippen LogP contribution in [0.15, 0.2) is 36.7 Å². The molecule has 4 heterocycles. The van der Waals surface area contributed by atoms with Gasteiger partial charge in [0.25, 0.3) is 0 Å². The van der Waals surface area contributed by atoms with Crippen LogP contribution < -0.4 is 5.32 Å². The van der Waals surface area contributed by atoms with Crippen LogP contribution in [0.5, 0.6) is 0 Å². The van der Waals surface area contributed by atoms with E-state index in [1.807, 2.05) is 0 Å². The van der Waals surface area contributed by atoms with Crippen molar-refractivity contribution in [1.82, 2.24) is 29.2 Å². The predicted octanol–water partition coefficient (Wildman–Crippen LogP) is 2.18. The fourth-order valence-electron chi connectivity index (χ4n) is 2.75. The molecule has 0 bridgehead atoms. The van der Waals surface area contributed by atoms with E-state index in [4.69, 9.17) is 0 Å². The fraction of sp³-hybridized carbons (Fsp3) is 0.294. The Morgan fingerprint density at radius 3 is 2.48 bits per heavy atom. The van der Waals surface area contributed by atoms with Gasteiger partial charge in [-0.05, 0) is 37.6 Å². The maximum absolute atomic E-state index is 15.2. The van der Waals surface area contributed by atoms with Crippen LogP contribution in [0.25, 0.3) is 11.3 Å². The van der Waals surface area contributed by atoms with Crippen LogP contribution in [0.4, 0.5) is 14.6 Å². The third-order valence-corrected chi connectivity index (χ3v) is 4.29. The molecule has 4 rings (SSSR count). The van der Waals surface area contributed by atoms with Crippen molar-refractivity contribution in [2.45, 2.75) is 25.4 Å². The Morgan fingerprint density at radius 2 is 1.78 bits per heavy atom. The lowest BCUT2D eigenvalue weighted by Gasteiger charge is -2.19. The van der Waals surface area contributed by atoms with E-state index in [0.717, 1.165) is 0 Å². The minimum absolute atomic E-state index is 0.249. The van der Waals surface area contributed by atoms with Crippen molar-refractivity contribution in [3.63, 3.8) is 0 Å². The second-order valence-electron chi connectivity index (χ2n) is 6.70. The molecule has 4 aromatic rings. The number of imidazole rings is 1. The molecule has 0 radical (unpaired) electrons. The molecule has 2 N–H and O–H groups in total. The average Bonchev–Trinajstić information content (AvgIpc) is 3.23. The summed E-state index contributed by atoms with van der Waals surface area (Å²) in [5.74, 6) is -3.56. The number of aliphatic hydroxyl groups is 1. The third-order valence-electron chi connectivity index (χ3n) is 4.29. The van der Waals surface area contributed by atoms with E-state index in [1.54, 1.807) is 27.0 Å². The Bertz CT molecular complexity index is 1140. The molecular formula is C17H17F2N7O. The quantitative estimate of drug-likeness (QED) is 0.570. The lowest BCUT2D eigenvalue weighted by Crippen LogP contribution is -2.23. The van der Waals surface area contributed by atoms with Crippen LogP contribution in [0.3, 0.4) is 0 Å². The minimum Gasteiger partial charge on any atom is -0.386 e. The summed E-state index contributed by atoms with van der Waals surface area (Å²) in [4.78, 5) is 4.19. The highest BCUT2D eigenvalue weighted by molar-refractivity contribution is 5.48. The van der Waals surface area contributed by atoms with Crippen molar-refractivity contribution in [3.05, 3.63) is 53.7 Å². The topological polar surface area (TPSA) is 92.6 Å². The number of aromatic nitrogens is 6. The number of rotatable bonds is 4. The molecule has 0 spiro atoms. The highest BCUT2D eigenvalue weighted by atomic mass is 19.3.